The molecule has 0 aromatic heterocycles. The molecular formula is C15H19ClN2O2. The Kier molecular flexibility index (Phi) is 5.44. The summed E-state index contributed by atoms with van der Waals surface area (Å²) < 4.78 is 5.56. The maximum absolute atomic E-state index is 11.5. The Balaban J connectivity index is 1.93. The van der Waals surface area contributed by atoms with Gasteiger partial charge in [0.25, 0.3) is 5.91 Å². The monoisotopic (exact) mass is 294 g/mol. The first-order valence-corrected chi connectivity index (χ1v) is 7.09. The first kappa shape index (κ1) is 14.9. The maximum Gasteiger partial charge on any atom is 0.258 e. The highest BCUT2D eigenvalue weighted by Gasteiger charge is 2.21. The predicted octanol–water partition coefficient (Wildman–Crippen LogP) is 2.27. The van der Waals surface area contributed by atoms with Gasteiger partial charge in [-0.2, -0.15) is 0 Å². The van der Waals surface area contributed by atoms with Gasteiger partial charge in [-0.25, -0.2) is 0 Å². The molecule has 1 aromatic rings. The number of halogens is 1. The van der Waals surface area contributed by atoms with Crippen molar-refractivity contribution < 1.29 is 9.53 Å². The summed E-state index contributed by atoms with van der Waals surface area (Å²) in [4.78, 5) is 11.5. The number of amides is 1. The van der Waals surface area contributed by atoms with Crippen molar-refractivity contribution in [2.75, 3.05) is 13.2 Å². The van der Waals surface area contributed by atoms with E-state index in [1.807, 2.05) is 12.1 Å². The van der Waals surface area contributed by atoms with E-state index in [-0.39, 0.29) is 12.5 Å². The molecule has 20 heavy (non-hydrogen) atoms. The molecule has 5 heteroatoms. The predicted molar refractivity (Wildman–Crippen MR) is 80.0 cm³/mol. The fourth-order valence-electron chi connectivity index (χ4n) is 1.77. The molecule has 2 rings (SSSR count). The minimum atomic E-state index is -0.189. The molecule has 0 radical (unpaired) electrons. The zero-order chi connectivity index (χ0) is 14.4. The van der Waals surface area contributed by atoms with Gasteiger partial charge in [0.15, 0.2) is 6.61 Å². The van der Waals surface area contributed by atoms with Crippen LogP contribution in [0, 0.1) is 0 Å². The van der Waals surface area contributed by atoms with Gasteiger partial charge in [-0.1, -0.05) is 29.8 Å². The fourth-order valence-corrected chi connectivity index (χ4v) is 2.02. The first-order chi connectivity index (χ1) is 9.70. The highest BCUT2D eigenvalue weighted by molar-refractivity contribution is 6.32. The van der Waals surface area contributed by atoms with Crippen LogP contribution in [0.4, 0.5) is 0 Å². The van der Waals surface area contributed by atoms with Gasteiger partial charge in [0.2, 0.25) is 0 Å². The van der Waals surface area contributed by atoms with Crippen LogP contribution in [-0.4, -0.2) is 25.1 Å². The van der Waals surface area contributed by atoms with Crippen LogP contribution in [-0.2, 0) is 11.3 Å². The molecule has 1 aliphatic rings. The van der Waals surface area contributed by atoms with Crippen LogP contribution < -0.4 is 15.4 Å². The average Bonchev–Trinajstić information content (AvgIpc) is 3.26. The number of rotatable bonds is 8. The molecule has 0 saturated heterocycles. The van der Waals surface area contributed by atoms with Crippen LogP contribution in [0.25, 0.3) is 0 Å². The quantitative estimate of drug-likeness (QED) is 0.723. The van der Waals surface area contributed by atoms with E-state index in [1.165, 1.54) is 12.8 Å². The van der Waals surface area contributed by atoms with Crippen molar-refractivity contribution in [1.82, 2.24) is 10.6 Å². The SMILES string of the molecule is C=CCNC(=O)COc1c(Cl)cccc1CNC1CC1. The molecule has 1 fully saturated rings. The maximum atomic E-state index is 11.5. The molecule has 0 atom stereocenters. The van der Waals surface area contributed by atoms with Crippen LogP contribution in [0.2, 0.25) is 5.02 Å². The zero-order valence-corrected chi connectivity index (χ0v) is 12.1. The van der Waals surface area contributed by atoms with Crippen LogP contribution in [0.5, 0.6) is 5.75 Å². The van der Waals surface area contributed by atoms with E-state index in [9.17, 15) is 4.79 Å². The van der Waals surface area contributed by atoms with Gasteiger partial charge in [-0.05, 0) is 18.9 Å². The van der Waals surface area contributed by atoms with Crippen LogP contribution in [0.15, 0.2) is 30.9 Å². The lowest BCUT2D eigenvalue weighted by Gasteiger charge is -2.13. The van der Waals surface area contributed by atoms with Crippen molar-refractivity contribution in [2.45, 2.75) is 25.4 Å². The van der Waals surface area contributed by atoms with Gasteiger partial charge in [0.05, 0.1) is 5.02 Å². The normalized spacial score (nSPS) is 13.8. The van der Waals surface area contributed by atoms with Gasteiger partial charge in [0, 0.05) is 24.7 Å². The fraction of sp³-hybridized carbons (Fsp3) is 0.400. The Hall–Kier alpha value is -1.52. The van der Waals surface area contributed by atoms with Gasteiger partial charge < -0.3 is 15.4 Å². The van der Waals surface area contributed by atoms with Crippen molar-refractivity contribution in [3.63, 3.8) is 0 Å². The molecule has 2 N–H and O–H groups in total. The smallest absolute Gasteiger partial charge is 0.258 e. The van der Waals surface area contributed by atoms with Crippen LogP contribution in [0.1, 0.15) is 18.4 Å². The van der Waals surface area contributed by atoms with E-state index < -0.39 is 0 Å². The lowest BCUT2D eigenvalue weighted by atomic mass is 10.2. The lowest BCUT2D eigenvalue weighted by molar-refractivity contribution is -0.122. The number of ether oxygens (including phenoxy) is 1. The third-order valence-corrected chi connectivity index (χ3v) is 3.30. The molecule has 1 saturated carbocycles. The Morgan fingerprint density at radius 1 is 1.50 bits per heavy atom. The first-order valence-electron chi connectivity index (χ1n) is 6.72. The zero-order valence-electron chi connectivity index (χ0n) is 11.3. The third-order valence-electron chi connectivity index (χ3n) is 3.00. The van der Waals surface area contributed by atoms with E-state index in [2.05, 4.69) is 17.2 Å². The van der Waals surface area contributed by atoms with Crippen LogP contribution in [0.3, 0.4) is 0 Å². The van der Waals surface area contributed by atoms with Crippen molar-refractivity contribution >= 4 is 17.5 Å². The van der Waals surface area contributed by atoms with Gasteiger partial charge >= 0.3 is 0 Å². The summed E-state index contributed by atoms with van der Waals surface area (Å²) >= 11 is 6.15. The van der Waals surface area contributed by atoms with E-state index in [4.69, 9.17) is 16.3 Å². The second kappa shape index (κ2) is 7.31. The highest BCUT2D eigenvalue weighted by Crippen LogP contribution is 2.29. The van der Waals surface area contributed by atoms with Crippen molar-refractivity contribution in [3.8, 4) is 5.75 Å². The van der Waals surface area contributed by atoms with Gasteiger partial charge in [0.1, 0.15) is 5.75 Å². The second-order valence-corrected chi connectivity index (χ2v) is 5.17. The number of para-hydroxylation sites is 1. The molecule has 0 bridgehead atoms. The minimum Gasteiger partial charge on any atom is -0.482 e. The standard InChI is InChI=1S/C15H19ClN2O2/c1-2-8-17-14(19)10-20-15-11(4-3-5-13(15)16)9-18-12-6-7-12/h2-5,12,18H,1,6-10H2,(H,17,19). The topological polar surface area (TPSA) is 50.4 Å². The Morgan fingerprint density at radius 2 is 2.30 bits per heavy atom. The third kappa shape index (κ3) is 4.54. The van der Waals surface area contributed by atoms with Crippen molar-refractivity contribution in [2.24, 2.45) is 0 Å². The second-order valence-electron chi connectivity index (χ2n) is 4.76. The molecule has 4 nitrogen and oxygen atoms in total. The van der Waals surface area contributed by atoms with E-state index >= 15 is 0 Å². The largest absolute Gasteiger partial charge is 0.482 e. The van der Waals surface area contributed by atoms with E-state index in [0.29, 0.717) is 29.9 Å². The molecular weight excluding hydrogens is 276 g/mol. The lowest BCUT2D eigenvalue weighted by Crippen LogP contribution is -2.29. The summed E-state index contributed by atoms with van der Waals surface area (Å²) in [5.41, 5.74) is 0.973. The number of benzene rings is 1. The summed E-state index contributed by atoms with van der Waals surface area (Å²) in [6, 6.07) is 6.21. The summed E-state index contributed by atoms with van der Waals surface area (Å²) in [6.45, 7) is 4.63. The van der Waals surface area contributed by atoms with Gasteiger partial charge in [-0.15, -0.1) is 6.58 Å². The molecule has 1 amide bonds. The number of hydrogen-bond donors (Lipinski definition) is 2. The molecule has 1 aromatic carbocycles. The van der Waals surface area contributed by atoms with Gasteiger partial charge in [-0.3, -0.25) is 4.79 Å². The Bertz CT molecular complexity index is 487. The summed E-state index contributed by atoms with van der Waals surface area (Å²) in [5.74, 6) is 0.391. The van der Waals surface area contributed by atoms with Crippen LogP contribution >= 0.6 is 11.6 Å². The molecule has 0 aliphatic heterocycles. The molecule has 108 valence electrons. The molecule has 1 aliphatic carbocycles. The Labute approximate surface area is 124 Å². The average molecular weight is 295 g/mol. The number of carbonyl (C=O) groups is 1. The number of hydrogen-bond acceptors (Lipinski definition) is 3. The summed E-state index contributed by atoms with van der Waals surface area (Å²) in [5, 5.41) is 6.60. The van der Waals surface area contributed by atoms with E-state index in [1.54, 1.807) is 12.1 Å². The highest BCUT2D eigenvalue weighted by atomic mass is 35.5. The molecule has 0 heterocycles. The van der Waals surface area contributed by atoms with E-state index in [0.717, 1.165) is 5.56 Å². The Morgan fingerprint density at radius 3 is 3.00 bits per heavy atom. The molecule has 0 spiro atoms. The number of nitrogens with one attached hydrogen (secondary N) is 2. The minimum absolute atomic E-state index is 0.0476. The summed E-state index contributed by atoms with van der Waals surface area (Å²) in [7, 11) is 0. The summed E-state index contributed by atoms with van der Waals surface area (Å²) in [6.07, 6.45) is 4.07. The van der Waals surface area contributed by atoms with Crippen molar-refractivity contribution in [3.05, 3.63) is 41.4 Å². The number of carbonyl (C=O) groups excluding carboxylic acids is 1. The molecule has 0 unspecified atom stereocenters. The van der Waals surface area contributed by atoms with Crippen molar-refractivity contribution in [1.29, 1.82) is 0 Å².